The molecule has 2 aromatic rings. The Morgan fingerprint density at radius 1 is 1.09 bits per heavy atom. The van der Waals surface area contributed by atoms with Crippen LogP contribution in [0.5, 0.6) is 0 Å². The number of sulfonamides is 1. The third kappa shape index (κ3) is 4.38. The minimum absolute atomic E-state index is 0.00251. The molecule has 0 saturated carbocycles. The van der Waals surface area contributed by atoms with Gasteiger partial charge in [0.15, 0.2) is 6.10 Å². The highest BCUT2D eigenvalue weighted by molar-refractivity contribution is 7.89. The van der Waals surface area contributed by atoms with Gasteiger partial charge in [-0.1, -0.05) is 29.8 Å². The van der Waals surface area contributed by atoms with Crippen LogP contribution in [0.15, 0.2) is 47.4 Å². The molecule has 2 aromatic carbocycles. The molecule has 2 aliphatic rings. The maximum Gasteiger partial charge on any atom is 0.338 e. The summed E-state index contributed by atoms with van der Waals surface area (Å²) in [6.07, 6.45) is -0.300. The molecule has 0 aliphatic carbocycles. The van der Waals surface area contributed by atoms with E-state index in [0.717, 1.165) is 17.7 Å². The molecule has 1 atom stereocenters. The summed E-state index contributed by atoms with van der Waals surface area (Å²) in [5.41, 5.74) is 1.88. The van der Waals surface area contributed by atoms with Gasteiger partial charge in [0.2, 0.25) is 10.0 Å². The summed E-state index contributed by atoms with van der Waals surface area (Å²) < 4.78 is 37.8. The first-order valence-corrected chi connectivity index (χ1v) is 12.1. The third-order valence-electron chi connectivity index (χ3n) is 5.54. The molecule has 8 nitrogen and oxygen atoms in total. The van der Waals surface area contributed by atoms with Gasteiger partial charge in [-0.2, -0.15) is 4.31 Å². The molecule has 2 heterocycles. The predicted octanol–water partition coefficient (Wildman–Crippen LogP) is 2.50. The summed E-state index contributed by atoms with van der Waals surface area (Å²) >= 11 is 6.14. The lowest BCUT2D eigenvalue weighted by atomic mass is 10.2. The molecule has 32 heavy (non-hydrogen) atoms. The molecule has 0 N–H and O–H groups in total. The Labute approximate surface area is 191 Å². The van der Waals surface area contributed by atoms with Crippen LogP contribution in [0.1, 0.15) is 22.8 Å². The van der Waals surface area contributed by atoms with Gasteiger partial charge < -0.3 is 14.4 Å². The topological polar surface area (TPSA) is 93.2 Å². The van der Waals surface area contributed by atoms with E-state index in [9.17, 15) is 18.0 Å². The van der Waals surface area contributed by atoms with Crippen molar-refractivity contribution < 1.29 is 27.5 Å². The van der Waals surface area contributed by atoms with Gasteiger partial charge in [0, 0.05) is 25.3 Å². The molecule has 1 saturated heterocycles. The van der Waals surface area contributed by atoms with Crippen LogP contribution < -0.4 is 4.90 Å². The van der Waals surface area contributed by atoms with Crippen molar-refractivity contribution in [2.75, 3.05) is 37.7 Å². The van der Waals surface area contributed by atoms with Crippen molar-refractivity contribution in [3.8, 4) is 0 Å². The number of benzene rings is 2. The van der Waals surface area contributed by atoms with Crippen LogP contribution in [-0.2, 0) is 30.7 Å². The van der Waals surface area contributed by atoms with Crippen LogP contribution in [-0.4, -0.2) is 63.6 Å². The quantitative estimate of drug-likeness (QED) is 0.613. The first-order chi connectivity index (χ1) is 15.3. The molecule has 1 unspecified atom stereocenters. The number of morpholine rings is 1. The zero-order valence-electron chi connectivity index (χ0n) is 17.5. The Balaban J connectivity index is 1.50. The minimum atomic E-state index is -3.90. The summed E-state index contributed by atoms with van der Waals surface area (Å²) in [6, 6.07) is 11.5. The van der Waals surface area contributed by atoms with Crippen molar-refractivity contribution in [3.05, 3.63) is 58.6 Å². The van der Waals surface area contributed by atoms with E-state index in [2.05, 4.69) is 0 Å². The van der Waals surface area contributed by atoms with Crippen molar-refractivity contribution in [2.45, 2.75) is 24.3 Å². The number of fused-ring (bicyclic) bond motifs is 1. The van der Waals surface area contributed by atoms with Crippen LogP contribution >= 0.6 is 11.6 Å². The maximum atomic E-state index is 13.0. The largest absolute Gasteiger partial charge is 0.449 e. The summed E-state index contributed by atoms with van der Waals surface area (Å²) in [5, 5.41) is 0.00541. The Hall–Kier alpha value is -2.46. The average Bonchev–Trinajstić information content (AvgIpc) is 3.23. The summed E-state index contributed by atoms with van der Waals surface area (Å²) in [4.78, 5) is 27.0. The van der Waals surface area contributed by atoms with Gasteiger partial charge in [-0.25, -0.2) is 13.2 Å². The minimum Gasteiger partial charge on any atom is -0.449 e. The molecule has 4 rings (SSSR count). The van der Waals surface area contributed by atoms with Crippen LogP contribution in [0.4, 0.5) is 5.69 Å². The number of esters is 1. The van der Waals surface area contributed by atoms with Crippen LogP contribution in [0.3, 0.4) is 0 Å². The van der Waals surface area contributed by atoms with E-state index in [1.165, 1.54) is 29.4 Å². The van der Waals surface area contributed by atoms with Crippen molar-refractivity contribution in [1.82, 2.24) is 4.31 Å². The van der Waals surface area contributed by atoms with Crippen molar-refractivity contribution in [1.29, 1.82) is 0 Å². The molecule has 0 spiro atoms. The summed E-state index contributed by atoms with van der Waals surface area (Å²) in [5.74, 6) is -1.13. The van der Waals surface area contributed by atoms with Crippen LogP contribution in [0, 0.1) is 0 Å². The number of anilines is 1. The van der Waals surface area contributed by atoms with Gasteiger partial charge in [0.25, 0.3) is 5.91 Å². The lowest BCUT2D eigenvalue weighted by Gasteiger charge is -2.26. The fourth-order valence-electron chi connectivity index (χ4n) is 3.82. The second-order valence-corrected chi connectivity index (χ2v) is 9.89. The average molecular weight is 479 g/mol. The maximum absolute atomic E-state index is 13.0. The number of amides is 1. The standard InChI is InChI=1S/C22H23ClN2O6S/c1-15(21(26)25-9-8-16-4-2-3-5-19(16)25)31-22(27)17-6-7-18(23)20(14-17)32(28,29)24-10-12-30-13-11-24/h2-7,14-15H,8-13H2,1H3. The van der Waals surface area contributed by atoms with Crippen molar-refractivity contribution in [3.63, 3.8) is 0 Å². The van der Waals surface area contributed by atoms with Gasteiger partial charge in [-0.05, 0) is 43.2 Å². The van der Waals surface area contributed by atoms with E-state index in [1.54, 1.807) is 4.90 Å². The number of ether oxygens (including phenoxy) is 2. The van der Waals surface area contributed by atoms with E-state index in [1.807, 2.05) is 24.3 Å². The monoisotopic (exact) mass is 478 g/mol. The van der Waals surface area contributed by atoms with E-state index in [-0.39, 0.29) is 47.7 Å². The SMILES string of the molecule is CC(OC(=O)c1ccc(Cl)c(S(=O)(=O)N2CCOCC2)c1)C(=O)N1CCc2ccccc21. The van der Waals surface area contributed by atoms with Gasteiger partial charge >= 0.3 is 5.97 Å². The number of hydrogen-bond acceptors (Lipinski definition) is 6. The van der Waals surface area contributed by atoms with Gasteiger partial charge in [-0.15, -0.1) is 0 Å². The molecule has 1 fully saturated rings. The first-order valence-electron chi connectivity index (χ1n) is 10.3. The number of carbonyl (C=O) groups excluding carboxylic acids is 2. The van der Waals surface area contributed by atoms with E-state index < -0.39 is 22.1 Å². The van der Waals surface area contributed by atoms with E-state index >= 15 is 0 Å². The van der Waals surface area contributed by atoms with E-state index in [4.69, 9.17) is 21.1 Å². The number of halogens is 1. The molecular weight excluding hydrogens is 456 g/mol. The fourth-order valence-corrected chi connectivity index (χ4v) is 5.73. The Kier molecular flexibility index (Phi) is 6.52. The second kappa shape index (κ2) is 9.19. The lowest BCUT2D eigenvalue weighted by molar-refractivity contribution is -0.126. The Bertz CT molecular complexity index is 1150. The molecule has 10 heteroatoms. The highest BCUT2D eigenvalue weighted by Gasteiger charge is 2.32. The zero-order chi connectivity index (χ0) is 22.9. The molecule has 1 amide bonds. The first kappa shape index (κ1) is 22.7. The highest BCUT2D eigenvalue weighted by atomic mass is 35.5. The van der Waals surface area contributed by atoms with Crippen LogP contribution in [0.2, 0.25) is 5.02 Å². The fraction of sp³-hybridized carbons (Fsp3) is 0.364. The number of carbonyl (C=O) groups is 2. The smallest absolute Gasteiger partial charge is 0.338 e. The normalized spacial score (nSPS) is 17.6. The van der Waals surface area contributed by atoms with Crippen molar-refractivity contribution >= 4 is 39.2 Å². The second-order valence-electron chi connectivity index (χ2n) is 7.58. The molecule has 0 aromatic heterocycles. The lowest BCUT2D eigenvalue weighted by Crippen LogP contribution is -2.40. The van der Waals surface area contributed by atoms with Gasteiger partial charge in [0.05, 0.1) is 23.8 Å². The predicted molar refractivity (Wildman–Crippen MR) is 118 cm³/mol. The Morgan fingerprint density at radius 3 is 2.56 bits per heavy atom. The molecule has 0 bridgehead atoms. The van der Waals surface area contributed by atoms with E-state index in [0.29, 0.717) is 6.54 Å². The number of para-hydroxylation sites is 1. The Morgan fingerprint density at radius 2 is 1.81 bits per heavy atom. The number of hydrogen-bond donors (Lipinski definition) is 0. The molecule has 0 radical (unpaired) electrons. The molecule has 2 aliphatic heterocycles. The third-order valence-corrected chi connectivity index (χ3v) is 7.92. The zero-order valence-corrected chi connectivity index (χ0v) is 19.1. The molecular formula is C22H23ClN2O6S. The highest BCUT2D eigenvalue weighted by Crippen LogP contribution is 2.29. The molecule has 170 valence electrons. The van der Waals surface area contributed by atoms with Crippen LogP contribution in [0.25, 0.3) is 0 Å². The summed E-state index contributed by atoms with van der Waals surface area (Å²) in [6.45, 7) is 3.01. The van der Waals surface area contributed by atoms with Gasteiger partial charge in [-0.3, -0.25) is 4.79 Å². The summed E-state index contributed by atoms with van der Waals surface area (Å²) in [7, 11) is -3.90. The number of rotatable bonds is 5. The van der Waals surface area contributed by atoms with Gasteiger partial charge in [0.1, 0.15) is 4.90 Å². The number of nitrogens with zero attached hydrogens (tertiary/aromatic N) is 2. The van der Waals surface area contributed by atoms with Crippen molar-refractivity contribution in [2.24, 2.45) is 0 Å².